The summed E-state index contributed by atoms with van der Waals surface area (Å²) < 4.78 is 11.0. The molecule has 0 saturated carbocycles. The lowest BCUT2D eigenvalue weighted by Crippen LogP contribution is -2.18. The summed E-state index contributed by atoms with van der Waals surface area (Å²) in [6.07, 6.45) is 2.68. The number of nitrogens with one attached hydrogen (secondary N) is 1. The van der Waals surface area contributed by atoms with Crippen molar-refractivity contribution in [2.24, 2.45) is 0 Å². The Morgan fingerprint density at radius 1 is 1.43 bits per heavy atom. The van der Waals surface area contributed by atoms with Gasteiger partial charge in [-0.1, -0.05) is 18.2 Å². The van der Waals surface area contributed by atoms with E-state index >= 15 is 0 Å². The van der Waals surface area contributed by atoms with E-state index in [2.05, 4.69) is 10.3 Å². The van der Waals surface area contributed by atoms with Gasteiger partial charge in [0.2, 0.25) is 5.91 Å². The number of fused-ring (bicyclic) bond motifs is 1. The zero-order chi connectivity index (χ0) is 16.1. The molecule has 1 unspecified atom stereocenters. The zero-order valence-electron chi connectivity index (χ0n) is 13.4. The third kappa shape index (κ3) is 4.27. The van der Waals surface area contributed by atoms with Crippen molar-refractivity contribution in [3.63, 3.8) is 0 Å². The first kappa shape index (κ1) is 15.9. The van der Waals surface area contributed by atoms with Gasteiger partial charge in [-0.25, -0.2) is 0 Å². The van der Waals surface area contributed by atoms with Gasteiger partial charge in [0.25, 0.3) is 0 Å². The van der Waals surface area contributed by atoms with Gasteiger partial charge in [0.05, 0.1) is 36.9 Å². The molecule has 0 spiro atoms. The molecule has 1 aliphatic rings. The van der Waals surface area contributed by atoms with Crippen molar-refractivity contribution in [3.8, 4) is 0 Å². The Morgan fingerprint density at radius 3 is 3.13 bits per heavy atom. The fraction of sp³-hybridized carbons (Fsp3) is 0.444. The highest BCUT2D eigenvalue weighted by Crippen LogP contribution is 2.23. The highest BCUT2D eigenvalue weighted by Gasteiger charge is 2.15. The number of aryl methyl sites for hydroxylation is 1. The molecule has 1 N–H and O–H groups in total. The first-order valence-corrected chi connectivity index (χ1v) is 8.08. The van der Waals surface area contributed by atoms with Crippen LogP contribution in [0, 0.1) is 6.92 Å². The molecule has 1 aromatic carbocycles. The molecule has 2 aromatic rings. The maximum atomic E-state index is 12.1. The van der Waals surface area contributed by atoms with Crippen molar-refractivity contribution in [1.82, 2.24) is 4.98 Å². The molecular weight excluding hydrogens is 292 g/mol. The number of carbonyl (C=O) groups excluding carboxylic acids is 1. The van der Waals surface area contributed by atoms with Gasteiger partial charge in [-0.15, -0.1) is 0 Å². The summed E-state index contributed by atoms with van der Waals surface area (Å²) in [7, 11) is 0. The van der Waals surface area contributed by atoms with Crippen molar-refractivity contribution in [2.45, 2.75) is 32.3 Å². The number of carbonyl (C=O) groups is 1. The summed E-state index contributed by atoms with van der Waals surface area (Å²) in [5, 5.41) is 3.91. The lowest BCUT2D eigenvalue weighted by atomic mass is 10.1. The van der Waals surface area contributed by atoms with Gasteiger partial charge in [0, 0.05) is 17.7 Å². The molecule has 1 atom stereocenters. The van der Waals surface area contributed by atoms with Crippen LogP contribution in [0.15, 0.2) is 30.3 Å². The van der Waals surface area contributed by atoms with Crippen molar-refractivity contribution in [3.05, 3.63) is 36.0 Å². The van der Waals surface area contributed by atoms with Crippen LogP contribution in [0.5, 0.6) is 0 Å². The summed E-state index contributed by atoms with van der Waals surface area (Å²) in [5.74, 6) is -0.0481. The molecule has 2 heterocycles. The third-order valence-corrected chi connectivity index (χ3v) is 3.92. The third-order valence-electron chi connectivity index (χ3n) is 3.92. The number of benzene rings is 1. The molecule has 1 aliphatic heterocycles. The van der Waals surface area contributed by atoms with Crippen LogP contribution in [-0.4, -0.2) is 36.8 Å². The van der Waals surface area contributed by atoms with Crippen LogP contribution in [0.2, 0.25) is 0 Å². The number of rotatable bonds is 6. The minimum atomic E-state index is -0.0481. The first-order valence-electron chi connectivity index (χ1n) is 8.08. The molecule has 1 saturated heterocycles. The van der Waals surface area contributed by atoms with Crippen LogP contribution in [-0.2, 0) is 14.3 Å². The maximum absolute atomic E-state index is 12.1. The molecule has 1 fully saturated rings. The Labute approximate surface area is 136 Å². The Morgan fingerprint density at radius 2 is 2.30 bits per heavy atom. The molecule has 0 radical (unpaired) electrons. The van der Waals surface area contributed by atoms with E-state index in [0.717, 1.165) is 41.7 Å². The minimum absolute atomic E-state index is 0.0481. The molecular formula is C18H22N2O3. The lowest BCUT2D eigenvalue weighted by Gasteiger charge is -2.11. The van der Waals surface area contributed by atoms with Gasteiger partial charge < -0.3 is 14.8 Å². The van der Waals surface area contributed by atoms with Crippen molar-refractivity contribution in [1.29, 1.82) is 0 Å². The fourth-order valence-corrected chi connectivity index (χ4v) is 2.78. The number of hydrogen-bond acceptors (Lipinski definition) is 4. The predicted octanol–water partition coefficient (Wildman–Crippen LogP) is 3.07. The normalized spacial score (nSPS) is 17.5. The van der Waals surface area contributed by atoms with E-state index in [1.807, 2.05) is 37.3 Å². The van der Waals surface area contributed by atoms with Crippen molar-refractivity contribution in [2.75, 3.05) is 25.1 Å². The van der Waals surface area contributed by atoms with Crippen LogP contribution < -0.4 is 5.32 Å². The lowest BCUT2D eigenvalue weighted by molar-refractivity contribution is -0.117. The average Bonchev–Trinajstić information content (AvgIpc) is 3.05. The van der Waals surface area contributed by atoms with Gasteiger partial charge in [-0.2, -0.15) is 0 Å². The summed E-state index contributed by atoms with van der Waals surface area (Å²) in [4.78, 5) is 16.6. The maximum Gasteiger partial charge on any atom is 0.226 e. The highest BCUT2D eigenvalue weighted by molar-refractivity contribution is 6.01. The molecule has 23 heavy (non-hydrogen) atoms. The van der Waals surface area contributed by atoms with E-state index in [1.54, 1.807) is 0 Å². The van der Waals surface area contributed by atoms with Crippen LogP contribution in [0.25, 0.3) is 10.9 Å². The topological polar surface area (TPSA) is 60.5 Å². The second-order valence-electron chi connectivity index (χ2n) is 5.84. The Hall–Kier alpha value is -1.98. The van der Waals surface area contributed by atoms with Gasteiger partial charge in [0.15, 0.2) is 0 Å². The van der Waals surface area contributed by atoms with Crippen LogP contribution in [0.3, 0.4) is 0 Å². The molecule has 5 nitrogen and oxygen atoms in total. The van der Waals surface area contributed by atoms with Gasteiger partial charge in [0.1, 0.15) is 0 Å². The Bertz CT molecular complexity index is 681. The molecule has 122 valence electrons. The summed E-state index contributed by atoms with van der Waals surface area (Å²) in [6.45, 7) is 3.73. The summed E-state index contributed by atoms with van der Waals surface area (Å²) >= 11 is 0. The quantitative estimate of drug-likeness (QED) is 0.833. The van der Waals surface area contributed by atoms with Gasteiger partial charge in [-0.05, 0) is 31.9 Å². The number of pyridine rings is 1. The number of nitrogens with zero attached hydrogens (tertiary/aromatic N) is 1. The van der Waals surface area contributed by atoms with E-state index in [9.17, 15) is 4.79 Å². The second kappa shape index (κ2) is 7.53. The smallest absolute Gasteiger partial charge is 0.226 e. The number of para-hydroxylation sites is 1. The predicted molar refractivity (Wildman–Crippen MR) is 89.5 cm³/mol. The number of amides is 1. The molecule has 5 heteroatoms. The van der Waals surface area contributed by atoms with Crippen LogP contribution in [0.4, 0.5) is 5.69 Å². The van der Waals surface area contributed by atoms with Gasteiger partial charge >= 0.3 is 0 Å². The zero-order valence-corrected chi connectivity index (χ0v) is 13.4. The average molecular weight is 314 g/mol. The van der Waals surface area contributed by atoms with E-state index in [0.29, 0.717) is 19.6 Å². The number of ether oxygens (including phenoxy) is 2. The van der Waals surface area contributed by atoms with E-state index in [4.69, 9.17) is 9.47 Å². The number of aromatic nitrogens is 1. The number of anilines is 1. The monoisotopic (exact) mass is 314 g/mol. The van der Waals surface area contributed by atoms with Crippen molar-refractivity contribution < 1.29 is 14.3 Å². The highest BCUT2D eigenvalue weighted by atomic mass is 16.5. The van der Waals surface area contributed by atoms with Gasteiger partial charge in [-0.3, -0.25) is 9.78 Å². The molecule has 0 aliphatic carbocycles. The molecule has 1 aromatic heterocycles. The fourth-order valence-electron chi connectivity index (χ4n) is 2.78. The molecule has 0 bridgehead atoms. The van der Waals surface area contributed by atoms with E-state index in [-0.39, 0.29) is 12.0 Å². The van der Waals surface area contributed by atoms with Crippen molar-refractivity contribution >= 4 is 22.5 Å². The first-order chi connectivity index (χ1) is 11.2. The van der Waals surface area contributed by atoms with E-state index in [1.165, 1.54) is 0 Å². The van der Waals surface area contributed by atoms with Crippen LogP contribution >= 0.6 is 0 Å². The largest absolute Gasteiger partial charge is 0.378 e. The standard InChI is InChI=1S/C18H22N2O3/c1-13-11-17(15-6-2-3-7-16(15)19-13)20-18(21)8-10-22-12-14-5-4-9-23-14/h2-3,6-7,11,14H,4-5,8-10,12H2,1H3,(H,19,20,21). The molecule has 1 amide bonds. The number of hydrogen-bond donors (Lipinski definition) is 1. The Kier molecular flexibility index (Phi) is 5.20. The SMILES string of the molecule is Cc1cc(NC(=O)CCOCC2CCCO2)c2ccccc2n1. The second-order valence-corrected chi connectivity index (χ2v) is 5.84. The minimum Gasteiger partial charge on any atom is -0.378 e. The summed E-state index contributed by atoms with van der Waals surface area (Å²) in [5.41, 5.74) is 2.57. The summed E-state index contributed by atoms with van der Waals surface area (Å²) in [6, 6.07) is 9.69. The molecule has 3 rings (SSSR count). The van der Waals surface area contributed by atoms with E-state index < -0.39 is 0 Å². The van der Waals surface area contributed by atoms with Crippen LogP contribution in [0.1, 0.15) is 25.0 Å². The Balaban J connectivity index is 1.53.